The number of methoxy groups -OCH3 is 1. The van der Waals surface area contributed by atoms with Gasteiger partial charge in [0.15, 0.2) is 5.78 Å². The molecule has 3 heterocycles. The van der Waals surface area contributed by atoms with Gasteiger partial charge in [-0.1, -0.05) is 35.9 Å². The molecule has 2 fully saturated rings. The first-order valence-corrected chi connectivity index (χ1v) is 11.6. The molecule has 0 aliphatic carbocycles. The molecule has 0 unspecified atom stereocenters. The van der Waals surface area contributed by atoms with Gasteiger partial charge in [-0.25, -0.2) is 4.90 Å². The Morgan fingerprint density at radius 1 is 0.914 bits per heavy atom. The Morgan fingerprint density at radius 2 is 1.60 bits per heavy atom. The van der Waals surface area contributed by atoms with E-state index in [4.69, 9.17) is 16.3 Å². The van der Waals surface area contributed by atoms with Gasteiger partial charge in [0.05, 0.1) is 36.9 Å². The Morgan fingerprint density at radius 3 is 2.31 bits per heavy atom. The summed E-state index contributed by atoms with van der Waals surface area (Å²) in [6.45, 7) is 0. The van der Waals surface area contributed by atoms with Crippen molar-refractivity contribution in [1.82, 2.24) is 5.01 Å². The topological polar surface area (TPSA) is 79.3 Å². The van der Waals surface area contributed by atoms with Crippen LogP contribution in [0.15, 0.2) is 77.9 Å². The third-order valence-electron chi connectivity index (χ3n) is 7.02. The molecule has 3 aromatic carbocycles. The molecule has 3 aromatic rings. The molecule has 0 radical (unpaired) electrons. The Hall–Kier alpha value is -3.97. The standard InChI is InChI=1S/C27H20ClN3O4/c1-35-19-12-6-15(7-13-19)25(32)24-22-21(23-20-5-3-2-4-16(20)14-29-31(23)24)26(33)30(27(22)34)18-10-8-17(28)9-11-18/h2-14,21-24H,1H3/t21-,22-,23+,24-/m0/s1. The van der Waals surface area contributed by atoms with Crippen LogP contribution in [-0.2, 0) is 9.59 Å². The second-order valence-corrected chi connectivity index (χ2v) is 9.21. The van der Waals surface area contributed by atoms with Crippen LogP contribution in [0.3, 0.4) is 0 Å². The second-order valence-electron chi connectivity index (χ2n) is 8.78. The lowest BCUT2D eigenvalue weighted by atomic mass is 9.83. The fraction of sp³-hybridized carbons (Fsp3) is 0.185. The van der Waals surface area contributed by atoms with Gasteiger partial charge in [-0.05, 0) is 59.7 Å². The molecule has 174 valence electrons. The number of ketones is 1. The largest absolute Gasteiger partial charge is 0.497 e. The third kappa shape index (κ3) is 3.19. The number of ether oxygens (including phenoxy) is 1. The molecule has 0 N–H and O–H groups in total. The number of Topliss-reactive ketones (excluding diaryl/α,β-unsaturated/α-hetero) is 1. The van der Waals surface area contributed by atoms with Gasteiger partial charge in [-0.3, -0.25) is 19.4 Å². The van der Waals surface area contributed by atoms with E-state index in [9.17, 15) is 14.4 Å². The Bertz CT molecular complexity index is 1390. The maximum Gasteiger partial charge on any atom is 0.240 e. The van der Waals surface area contributed by atoms with Crippen LogP contribution in [0.5, 0.6) is 5.75 Å². The fourth-order valence-electron chi connectivity index (χ4n) is 5.44. The van der Waals surface area contributed by atoms with Crippen molar-refractivity contribution in [2.24, 2.45) is 16.9 Å². The van der Waals surface area contributed by atoms with Crippen LogP contribution in [0.2, 0.25) is 5.02 Å². The molecule has 0 aromatic heterocycles. The minimum atomic E-state index is -0.920. The predicted molar refractivity (Wildman–Crippen MR) is 131 cm³/mol. The zero-order valence-electron chi connectivity index (χ0n) is 18.7. The van der Waals surface area contributed by atoms with E-state index < -0.39 is 29.8 Å². The smallest absolute Gasteiger partial charge is 0.240 e. The normalized spacial score (nSPS) is 24.3. The monoisotopic (exact) mass is 485 g/mol. The number of benzene rings is 3. The van der Waals surface area contributed by atoms with Gasteiger partial charge < -0.3 is 4.74 Å². The van der Waals surface area contributed by atoms with E-state index in [2.05, 4.69) is 5.10 Å². The van der Waals surface area contributed by atoms with Crippen molar-refractivity contribution in [3.8, 4) is 5.75 Å². The minimum Gasteiger partial charge on any atom is -0.497 e. The van der Waals surface area contributed by atoms with Crippen molar-refractivity contribution >= 4 is 41.1 Å². The molecule has 0 spiro atoms. The molecule has 35 heavy (non-hydrogen) atoms. The maximum atomic E-state index is 13.8. The lowest BCUT2D eigenvalue weighted by Gasteiger charge is -2.33. The van der Waals surface area contributed by atoms with Crippen molar-refractivity contribution in [3.63, 3.8) is 0 Å². The number of imide groups is 1. The number of carbonyl (C=O) groups is 3. The second kappa shape index (κ2) is 8.06. The van der Waals surface area contributed by atoms with Crippen LogP contribution in [0.4, 0.5) is 5.69 Å². The Labute approximate surface area is 206 Å². The highest BCUT2D eigenvalue weighted by Crippen LogP contribution is 2.53. The number of amides is 2. The predicted octanol–water partition coefficient (Wildman–Crippen LogP) is 4.11. The van der Waals surface area contributed by atoms with E-state index in [-0.39, 0.29) is 11.7 Å². The molecule has 2 amide bonds. The number of nitrogens with zero attached hydrogens (tertiary/aromatic N) is 3. The number of anilines is 1. The average Bonchev–Trinajstić information content (AvgIpc) is 3.37. The quantitative estimate of drug-likeness (QED) is 0.410. The molecule has 0 bridgehead atoms. The summed E-state index contributed by atoms with van der Waals surface area (Å²) in [7, 11) is 1.55. The van der Waals surface area contributed by atoms with Crippen molar-refractivity contribution in [2.45, 2.75) is 12.1 Å². The lowest BCUT2D eigenvalue weighted by molar-refractivity contribution is -0.124. The summed E-state index contributed by atoms with van der Waals surface area (Å²) in [5.74, 6) is -2.01. The molecule has 2 saturated heterocycles. The first-order chi connectivity index (χ1) is 17.0. The SMILES string of the molecule is COc1ccc(C(=O)[C@@H]2[C@H]3C(=O)N(c4ccc(Cl)cc4)C(=O)[C@@H]3[C@H]3c4ccccc4C=NN23)cc1. The molecule has 4 atom stereocenters. The van der Waals surface area contributed by atoms with E-state index in [1.807, 2.05) is 24.3 Å². The van der Waals surface area contributed by atoms with E-state index in [0.717, 1.165) is 11.1 Å². The summed E-state index contributed by atoms with van der Waals surface area (Å²) in [5.41, 5.74) is 2.61. The van der Waals surface area contributed by atoms with Gasteiger partial charge in [0.25, 0.3) is 0 Å². The molecule has 7 nitrogen and oxygen atoms in total. The highest BCUT2D eigenvalue weighted by atomic mass is 35.5. The zero-order chi connectivity index (χ0) is 24.3. The van der Waals surface area contributed by atoms with Gasteiger partial charge in [0.2, 0.25) is 11.8 Å². The van der Waals surface area contributed by atoms with Crippen LogP contribution >= 0.6 is 11.6 Å². The summed E-state index contributed by atoms with van der Waals surface area (Å²) in [6.07, 6.45) is 1.69. The van der Waals surface area contributed by atoms with Crippen LogP contribution in [-0.4, -0.2) is 42.0 Å². The molecule has 6 rings (SSSR count). The summed E-state index contributed by atoms with van der Waals surface area (Å²) >= 11 is 6.02. The van der Waals surface area contributed by atoms with Crippen molar-refractivity contribution < 1.29 is 19.1 Å². The van der Waals surface area contributed by atoms with E-state index in [1.165, 1.54) is 4.90 Å². The van der Waals surface area contributed by atoms with Crippen molar-refractivity contribution in [2.75, 3.05) is 12.0 Å². The summed E-state index contributed by atoms with van der Waals surface area (Å²) in [4.78, 5) is 42.6. The van der Waals surface area contributed by atoms with Crippen LogP contribution in [0.25, 0.3) is 0 Å². The Kier molecular flexibility index (Phi) is 4.96. The van der Waals surface area contributed by atoms with Gasteiger partial charge in [0, 0.05) is 10.6 Å². The summed E-state index contributed by atoms with van der Waals surface area (Å²) in [6, 6.07) is 19.5. The Balaban J connectivity index is 1.47. The summed E-state index contributed by atoms with van der Waals surface area (Å²) < 4.78 is 5.21. The van der Waals surface area contributed by atoms with Gasteiger partial charge in [0.1, 0.15) is 11.8 Å². The molecule has 3 aliphatic rings. The van der Waals surface area contributed by atoms with E-state index in [0.29, 0.717) is 22.0 Å². The van der Waals surface area contributed by atoms with Gasteiger partial charge >= 0.3 is 0 Å². The zero-order valence-corrected chi connectivity index (χ0v) is 19.4. The molecule has 8 heteroatoms. The van der Waals surface area contributed by atoms with Gasteiger partial charge in [-0.2, -0.15) is 5.10 Å². The highest BCUT2D eigenvalue weighted by molar-refractivity contribution is 6.31. The number of halogens is 1. The van der Waals surface area contributed by atoms with Crippen molar-refractivity contribution in [1.29, 1.82) is 0 Å². The minimum absolute atomic E-state index is 0.263. The highest BCUT2D eigenvalue weighted by Gasteiger charge is 2.65. The molecular weight excluding hydrogens is 466 g/mol. The number of hydrogen-bond acceptors (Lipinski definition) is 6. The van der Waals surface area contributed by atoms with E-state index >= 15 is 0 Å². The fourth-order valence-corrected chi connectivity index (χ4v) is 5.57. The third-order valence-corrected chi connectivity index (χ3v) is 7.27. The first-order valence-electron chi connectivity index (χ1n) is 11.2. The molecular formula is C27H20ClN3O4. The van der Waals surface area contributed by atoms with Crippen LogP contribution < -0.4 is 9.64 Å². The number of hydrazone groups is 1. The van der Waals surface area contributed by atoms with E-state index in [1.54, 1.807) is 66.9 Å². The first kappa shape index (κ1) is 21.6. The van der Waals surface area contributed by atoms with Crippen LogP contribution in [0.1, 0.15) is 27.5 Å². The number of hydrogen-bond donors (Lipinski definition) is 0. The molecule has 3 aliphatic heterocycles. The molecule has 0 saturated carbocycles. The average molecular weight is 486 g/mol. The summed E-state index contributed by atoms with van der Waals surface area (Å²) in [5, 5.41) is 6.73. The lowest BCUT2D eigenvalue weighted by Crippen LogP contribution is -2.44. The number of rotatable bonds is 4. The van der Waals surface area contributed by atoms with Gasteiger partial charge in [-0.15, -0.1) is 0 Å². The maximum absolute atomic E-state index is 13.8. The number of fused-ring (bicyclic) bond motifs is 5. The van der Waals surface area contributed by atoms with Crippen LogP contribution in [0, 0.1) is 11.8 Å². The van der Waals surface area contributed by atoms with Crippen molar-refractivity contribution in [3.05, 3.63) is 94.5 Å². The number of carbonyl (C=O) groups excluding carboxylic acids is 3.